The number of rotatable bonds is 6. The molecule has 3 aromatic rings. The lowest BCUT2D eigenvalue weighted by Gasteiger charge is -2.26. The normalized spacial score (nSPS) is 14.7. The summed E-state index contributed by atoms with van der Waals surface area (Å²) in [5.41, 5.74) is 4.14. The van der Waals surface area contributed by atoms with E-state index in [0.29, 0.717) is 6.42 Å². The minimum atomic E-state index is -0.00256. The summed E-state index contributed by atoms with van der Waals surface area (Å²) in [6.07, 6.45) is 4.37. The third-order valence-electron chi connectivity index (χ3n) is 4.92. The monoisotopic (exact) mass is 375 g/mol. The Kier molecular flexibility index (Phi) is 5.85. The highest BCUT2D eigenvalue weighted by Gasteiger charge is 2.11. The lowest BCUT2D eigenvalue weighted by Crippen LogP contribution is -2.35. The molecular weight excluding hydrogens is 350 g/mol. The third-order valence-corrected chi connectivity index (χ3v) is 4.92. The Balaban J connectivity index is 1.33. The Labute approximate surface area is 165 Å². The molecule has 1 aromatic heterocycles. The summed E-state index contributed by atoms with van der Waals surface area (Å²) in [6, 6.07) is 20.2. The maximum absolute atomic E-state index is 12.5. The molecule has 1 amide bonds. The van der Waals surface area contributed by atoms with E-state index in [4.69, 9.17) is 4.74 Å². The summed E-state index contributed by atoms with van der Waals surface area (Å²) in [6.45, 7) is 4.37. The highest BCUT2D eigenvalue weighted by Crippen LogP contribution is 2.15. The molecule has 0 radical (unpaired) electrons. The Morgan fingerprint density at radius 3 is 2.43 bits per heavy atom. The van der Waals surface area contributed by atoms with Crippen LogP contribution in [0.2, 0.25) is 0 Å². The maximum Gasteiger partial charge on any atom is 0.228 e. The van der Waals surface area contributed by atoms with Crippen LogP contribution in [0.5, 0.6) is 0 Å². The van der Waals surface area contributed by atoms with Gasteiger partial charge in [-0.2, -0.15) is 0 Å². The van der Waals surface area contributed by atoms with Crippen LogP contribution in [-0.4, -0.2) is 41.7 Å². The lowest BCUT2D eigenvalue weighted by atomic mass is 10.1. The maximum atomic E-state index is 12.5. The van der Waals surface area contributed by atoms with Crippen LogP contribution in [0, 0.1) is 0 Å². The first-order valence-electron chi connectivity index (χ1n) is 9.67. The molecule has 0 unspecified atom stereocenters. The van der Waals surface area contributed by atoms with Gasteiger partial charge in [-0.3, -0.25) is 9.69 Å². The van der Waals surface area contributed by atoms with E-state index in [2.05, 4.69) is 22.3 Å². The molecule has 0 bridgehead atoms. The molecule has 1 saturated heterocycles. The summed E-state index contributed by atoms with van der Waals surface area (Å²) in [5.74, 6) is -0.00256. The van der Waals surface area contributed by atoms with Gasteiger partial charge < -0.3 is 14.6 Å². The molecule has 2 heterocycles. The van der Waals surface area contributed by atoms with Crippen molar-refractivity contribution in [2.75, 3.05) is 31.6 Å². The molecule has 5 nitrogen and oxygen atoms in total. The summed E-state index contributed by atoms with van der Waals surface area (Å²) < 4.78 is 7.44. The van der Waals surface area contributed by atoms with Crippen LogP contribution < -0.4 is 5.32 Å². The van der Waals surface area contributed by atoms with Crippen molar-refractivity contribution in [3.05, 3.63) is 84.2 Å². The number of amides is 1. The van der Waals surface area contributed by atoms with Gasteiger partial charge in [0.05, 0.1) is 19.6 Å². The van der Waals surface area contributed by atoms with E-state index in [1.807, 2.05) is 65.5 Å². The van der Waals surface area contributed by atoms with Gasteiger partial charge in [0.15, 0.2) is 0 Å². The standard InChI is InChI=1S/C23H25N3O2/c27-23(17-19-6-8-22(9-7-19)26-10-1-2-11-26)24-21-5-3-4-20(16-21)18-25-12-14-28-15-13-25/h1-11,16H,12-15,17-18H2,(H,24,27). The zero-order chi connectivity index (χ0) is 19.2. The van der Waals surface area contributed by atoms with Gasteiger partial charge in [0.2, 0.25) is 5.91 Å². The van der Waals surface area contributed by atoms with Crippen molar-refractivity contribution in [1.82, 2.24) is 9.47 Å². The second kappa shape index (κ2) is 8.87. The molecule has 28 heavy (non-hydrogen) atoms. The lowest BCUT2D eigenvalue weighted by molar-refractivity contribution is -0.115. The van der Waals surface area contributed by atoms with E-state index in [0.717, 1.165) is 49.8 Å². The van der Waals surface area contributed by atoms with Crippen LogP contribution >= 0.6 is 0 Å². The van der Waals surface area contributed by atoms with Gasteiger partial charge in [0.1, 0.15) is 0 Å². The molecule has 0 saturated carbocycles. The van der Waals surface area contributed by atoms with Crippen LogP contribution in [0.1, 0.15) is 11.1 Å². The second-order valence-electron chi connectivity index (χ2n) is 7.07. The number of hydrogen-bond donors (Lipinski definition) is 1. The van der Waals surface area contributed by atoms with E-state index < -0.39 is 0 Å². The molecule has 144 valence electrons. The van der Waals surface area contributed by atoms with Gasteiger partial charge in [-0.1, -0.05) is 24.3 Å². The number of ether oxygens (including phenoxy) is 1. The van der Waals surface area contributed by atoms with Gasteiger partial charge in [-0.05, 0) is 47.5 Å². The predicted molar refractivity (Wildman–Crippen MR) is 111 cm³/mol. The highest BCUT2D eigenvalue weighted by atomic mass is 16.5. The molecule has 1 N–H and O–H groups in total. The minimum absolute atomic E-state index is 0.00256. The Hall–Kier alpha value is -2.89. The van der Waals surface area contributed by atoms with Crippen LogP contribution in [-0.2, 0) is 22.5 Å². The summed E-state index contributed by atoms with van der Waals surface area (Å²) in [4.78, 5) is 14.8. The number of aromatic nitrogens is 1. The minimum Gasteiger partial charge on any atom is -0.379 e. The highest BCUT2D eigenvalue weighted by molar-refractivity contribution is 5.92. The van der Waals surface area contributed by atoms with E-state index in [1.54, 1.807) is 0 Å². The van der Waals surface area contributed by atoms with E-state index >= 15 is 0 Å². The van der Waals surface area contributed by atoms with Gasteiger partial charge in [-0.25, -0.2) is 0 Å². The van der Waals surface area contributed by atoms with Gasteiger partial charge in [0, 0.05) is 43.4 Å². The zero-order valence-electron chi connectivity index (χ0n) is 15.9. The molecule has 2 aromatic carbocycles. The van der Waals surface area contributed by atoms with E-state index in [-0.39, 0.29) is 5.91 Å². The van der Waals surface area contributed by atoms with Crippen LogP contribution in [0.4, 0.5) is 5.69 Å². The smallest absolute Gasteiger partial charge is 0.228 e. The largest absolute Gasteiger partial charge is 0.379 e. The summed E-state index contributed by atoms with van der Waals surface area (Å²) in [5, 5.41) is 3.02. The van der Waals surface area contributed by atoms with Gasteiger partial charge in [-0.15, -0.1) is 0 Å². The molecule has 1 fully saturated rings. The molecule has 1 aliphatic rings. The molecular formula is C23H25N3O2. The second-order valence-corrected chi connectivity index (χ2v) is 7.07. The molecule has 4 rings (SSSR count). The van der Waals surface area contributed by atoms with Crippen molar-refractivity contribution >= 4 is 11.6 Å². The zero-order valence-corrected chi connectivity index (χ0v) is 15.9. The fourth-order valence-electron chi connectivity index (χ4n) is 3.45. The van der Waals surface area contributed by atoms with Crippen molar-refractivity contribution in [2.45, 2.75) is 13.0 Å². The quantitative estimate of drug-likeness (QED) is 0.717. The first-order chi connectivity index (χ1) is 13.8. The van der Waals surface area contributed by atoms with Gasteiger partial charge in [0.25, 0.3) is 0 Å². The Bertz CT molecular complexity index is 898. The molecule has 5 heteroatoms. The first-order valence-corrected chi connectivity index (χ1v) is 9.67. The van der Waals surface area contributed by atoms with Crippen molar-refractivity contribution in [2.24, 2.45) is 0 Å². The number of anilines is 1. The molecule has 1 aliphatic heterocycles. The number of morpholine rings is 1. The number of benzene rings is 2. The topological polar surface area (TPSA) is 46.5 Å². The molecule has 0 atom stereocenters. The van der Waals surface area contributed by atoms with Crippen molar-refractivity contribution in [3.63, 3.8) is 0 Å². The average molecular weight is 375 g/mol. The fourth-order valence-corrected chi connectivity index (χ4v) is 3.45. The molecule has 0 aliphatic carbocycles. The SMILES string of the molecule is O=C(Cc1ccc(-n2cccc2)cc1)Nc1cccc(CN2CCOCC2)c1. The number of nitrogens with one attached hydrogen (secondary N) is 1. The Morgan fingerprint density at radius 1 is 0.929 bits per heavy atom. The van der Waals surface area contributed by atoms with Gasteiger partial charge >= 0.3 is 0 Å². The summed E-state index contributed by atoms with van der Waals surface area (Å²) >= 11 is 0. The van der Waals surface area contributed by atoms with Crippen LogP contribution in [0.15, 0.2) is 73.1 Å². The fraction of sp³-hybridized carbons (Fsp3) is 0.261. The van der Waals surface area contributed by atoms with Crippen LogP contribution in [0.25, 0.3) is 5.69 Å². The predicted octanol–water partition coefficient (Wildman–Crippen LogP) is 3.49. The summed E-state index contributed by atoms with van der Waals surface area (Å²) in [7, 11) is 0. The third kappa shape index (κ3) is 4.88. The van der Waals surface area contributed by atoms with Crippen molar-refractivity contribution < 1.29 is 9.53 Å². The Morgan fingerprint density at radius 2 is 1.68 bits per heavy atom. The van der Waals surface area contributed by atoms with E-state index in [9.17, 15) is 4.79 Å². The number of carbonyl (C=O) groups is 1. The first kappa shape index (κ1) is 18.5. The molecule has 0 spiro atoms. The number of nitrogens with zero attached hydrogens (tertiary/aromatic N) is 2. The van der Waals surface area contributed by atoms with Crippen LogP contribution in [0.3, 0.4) is 0 Å². The van der Waals surface area contributed by atoms with Crippen molar-refractivity contribution in [3.8, 4) is 5.69 Å². The van der Waals surface area contributed by atoms with Crippen molar-refractivity contribution in [1.29, 1.82) is 0 Å². The number of hydrogen-bond acceptors (Lipinski definition) is 3. The average Bonchev–Trinajstić information content (AvgIpc) is 3.24. The number of carbonyl (C=O) groups excluding carboxylic acids is 1. The van der Waals surface area contributed by atoms with E-state index in [1.165, 1.54) is 5.56 Å².